The molecular formula is C8H8BrNO. The minimum Gasteiger partial charge on any atom is -0.303 e. The summed E-state index contributed by atoms with van der Waals surface area (Å²) in [4.78, 5) is 14.4. The van der Waals surface area contributed by atoms with Crippen LogP contribution in [0, 0.1) is 0 Å². The second-order valence-electron chi connectivity index (χ2n) is 2.18. The Morgan fingerprint density at radius 3 is 3.00 bits per heavy atom. The van der Waals surface area contributed by atoms with Crippen molar-refractivity contribution in [2.45, 2.75) is 5.92 Å². The highest BCUT2D eigenvalue weighted by Crippen LogP contribution is 2.13. The van der Waals surface area contributed by atoms with Crippen LogP contribution in [0.5, 0.6) is 0 Å². The molecule has 0 amide bonds. The Hall–Kier alpha value is -0.700. The molecule has 58 valence electrons. The number of hydrogen-bond acceptors (Lipinski definition) is 2. The van der Waals surface area contributed by atoms with E-state index < -0.39 is 0 Å². The number of pyridine rings is 1. The van der Waals surface area contributed by atoms with Crippen molar-refractivity contribution in [3.05, 3.63) is 30.1 Å². The van der Waals surface area contributed by atoms with Crippen LogP contribution in [0.25, 0.3) is 0 Å². The van der Waals surface area contributed by atoms with E-state index in [2.05, 4.69) is 20.9 Å². The van der Waals surface area contributed by atoms with Crippen molar-refractivity contribution in [1.82, 2.24) is 4.98 Å². The molecule has 1 aromatic rings. The number of alkyl halides is 1. The third-order valence-corrected chi connectivity index (χ3v) is 2.14. The van der Waals surface area contributed by atoms with E-state index in [4.69, 9.17) is 0 Å². The molecule has 11 heavy (non-hydrogen) atoms. The van der Waals surface area contributed by atoms with E-state index in [1.807, 2.05) is 12.1 Å². The number of rotatable bonds is 3. The van der Waals surface area contributed by atoms with Gasteiger partial charge in [-0.25, -0.2) is 0 Å². The van der Waals surface area contributed by atoms with Crippen molar-refractivity contribution in [2.75, 3.05) is 5.33 Å². The lowest BCUT2D eigenvalue weighted by atomic mass is 10.1. The molecule has 3 heteroatoms. The van der Waals surface area contributed by atoms with Crippen molar-refractivity contribution in [3.8, 4) is 0 Å². The average Bonchev–Trinajstić information content (AvgIpc) is 2.09. The zero-order chi connectivity index (χ0) is 8.10. The van der Waals surface area contributed by atoms with Gasteiger partial charge in [-0.05, 0) is 11.6 Å². The van der Waals surface area contributed by atoms with E-state index >= 15 is 0 Å². The predicted molar refractivity (Wildman–Crippen MR) is 46.8 cm³/mol. The van der Waals surface area contributed by atoms with Crippen molar-refractivity contribution in [1.29, 1.82) is 0 Å². The molecule has 0 aliphatic carbocycles. The summed E-state index contributed by atoms with van der Waals surface area (Å²) < 4.78 is 0. The zero-order valence-electron chi connectivity index (χ0n) is 5.90. The molecule has 0 spiro atoms. The second kappa shape index (κ2) is 4.23. The van der Waals surface area contributed by atoms with Crippen LogP contribution >= 0.6 is 15.9 Å². The predicted octanol–water partition coefficient (Wildman–Crippen LogP) is 1.76. The maximum Gasteiger partial charge on any atom is 0.128 e. The number of aldehydes is 1. The van der Waals surface area contributed by atoms with E-state index in [9.17, 15) is 4.79 Å². The first-order valence-corrected chi connectivity index (χ1v) is 4.42. The highest BCUT2D eigenvalue weighted by molar-refractivity contribution is 9.09. The first-order chi connectivity index (χ1) is 5.38. The number of halogens is 1. The molecule has 0 radical (unpaired) electrons. The highest BCUT2D eigenvalue weighted by Gasteiger charge is 2.06. The average molecular weight is 214 g/mol. The zero-order valence-corrected chi connectivity index (χ0v) is 7.49. The first-order valence-electron chi connectivity index (χ1n) is 3.29. The fourth-order valence-corrected chi connectivity index (χ4v) is 1.33. The summed E-state index contributed by atoms with van der Waals surface area (Å²) in [7, 11) is 0. The van der Waals surface area contributed by atoms with Crippen LogP contribution in [-0.4, -0.2) is 16.6 Å². The molecular weight excluding hydrogens is 206 g/mol. The fourth-order valence-electron chi connectivity index (χ4n) is 0.799. The molecule has 0 aliphatic rings. The Kier molecular flexibility index (Phi) is 3.23. The fraction of sp³-hybridized carbons (Fsp3) is 0.250. The number of nitrogens with zero attached hydrogens (tertiary/aromatic N) is 1. The lowest BCUT2D eigenvalue weighted by Crippen LogP contribution is -2.01. The molecule has 0 fully saturated rings. The van der Waals surface area contributed by atoms with Crippen LogP contribution < -0.4 is 0 Å². The molecule has 1 heterocycles. The summed E-state index contributed by atoms with van der Waals surface area (Å²) in [6.07, 6.45) is 4.33. The minimum atomic E-state index is -0.0660. The number of carbonyl (C=O) groups excluding carboxylic acids is 1. The van der Waals surface area contributed by atoms with Gasteiger partial charge in [0.05, 0.1) is 5.92 Å². The number of carbonyl (C=O) groups is 1. The molecule has 0 saturated heterocycles. The summed E-state index contributed by atoms with van der Waals surface area (Å²) in [5.41, 5.74) is 0.958. The lowest BCUT2D eigenvalue weighted by Gasteiger charge is -2.03. The first kappa shape index (κ1) is 8.40. The third kappa shape index (κ3) is 2.12. The monoisotopic (exact) mass is 213 g/mol. The Morgan fingerprint density at radius 1 is 1.73 bits per heavy atom. The smallest absolute Gasteiger partial charge is 0.128 e. The Bertz CT molecular complexity index is 225. The van der Waals surface area contributed by atoms with Gasteiger partial charge in [-0.2, -0.15) is 0 Å². The standard InChI is InChI=1S/C8H8BrNO/c9-4-8(6-11)7-2-1-3-10-5-7/h1-3,5-6,8H,4H2. The topological polar surface area (TPSA) is 30.0 Å². The van der Waals surface area contributed by atoms with Gasteiger partial charge < -0.3 is 4.79 Å². The number of aromatic nitrogens is 1. The minimum absolute atomic E-state index is 0.0660. The molecule has 2 nitrogen and oxygen atoms in total. The van der Waals surface area contributed by atoms with Gasteiger partial charge in [0.2, 0.25) is 0 Å². The summed E-state index contributed by atoms with van der Waals surface area (Å²) >= 11 is 3.25. The van der Waals surface area contributed by atoms with Gasteiger partial charge in [-0.1, -0.05) is 22.0 Å². The van der Waals surface area contributed by atoms with Crippen molar-refractivity contribution in [3.63, 3.8) is 0 Å². The van der Waals surface area contributed by atoms with Gasteiger partial charge in [-0.15, -0.1) is 0 Å². The van der Waals surface area contributed by atoms with E-state index in [0.717, 1.165) is 11.8 Å². The SMILES string of the molecule is O=CC(CBr)c1cccnc1. The van der Waals surface area contributed by atoms with E-state index in [1.54, 1.807) is 12.4 Å². The highest BCUT2D eigenvalue weighted by atomic mass is 79.9. The maximum absolute atomic E-state index is 10.5. The molecule has 0 bridgehead atoms. The largest absolute Gasteiger partial charge is 0.303 e. The molecule has 0 aromatic carbocycles. The Balaban J connectivity index is 2.82. The van der Waals surface area contributed by atoms with Crippen molar-refractivity contribution < 1.29 is 4.79 Å². The van der Waals surface area contributed by atoms with Gasteiger partial charge >= 0.3 is 0 Å². The van der Waals surface area contributed by atoms with Crippen LogP contribution in [0.15, 0.2) is 24.5 Å². The van der Waals surface area contributed by atoms with Crippen LogP contribution in [-0.2, 0) is 4.79 Å². The quantitative estimate of drug-likeness (QED) is 0.566. The molecule has 1 unspecified atom stereocenters. The van der Waals surface area contributed by atoms with Crippen molar-refractivity contribution >= 4 is 22.2 Å². The molecule has 0 aliphatic heterocycles. The maximum atomic E-state index is 10.5. The molecule has 1 aromatic heterocycles. The van der Waals surface area contributed by atoms with Gasteiger partial charge in [0, 0.05) is 17.7 Å². The van der Waals surface area contributed by atoms with E-state index in [1.165, 1.54) is 0 Å². The lowest BCUT2D eigenvalue weighted by molar-refractivity contribution is -0.108. The van der Waals surface area contributed by atoms with Crippen LogP contribution in [0.4, 0.5) is 0 Å². The van der Waals surface area contributed by atoms with Gasteiger partial charge in [0.1, 0.15) is 6.29 Å². The summed E-state index contributed by atoms with van der Waals surface area (Å²) in [5.74, 6) is -0.0660. The van der Waals surface area contributed by atoms with Crippen LogP contribution in [0.1, 0.15) is 11.5 Å². The normalized spacial score (nSPS) is 12.5. The Morgan fingerprint density at radius 2 is 2.55 bits per heavy atom. The molecule has 1 atom stereocenters. The van der Waals surface area contributed by atoms with E-state index in [-0.39, 0.29) is 5.92 Å². The number of hydrogen-bond donors (Lipinski definition) is 0. The van der Waals surface area contributed by atoms with Crippen LogP contribution in [0.3, 0.4) is 0 Å². The summed E-state index contributed by atoms with van der Waals surface area (Å²) in [6, 6.07) is 3.72. The van der Waals surface area contributed by atoms with Crippen LogP contribution in [0.2, 0.25) is 0 Å². The van der Waals surface area contributed by atoms with E-state index in [0.29, 0.717) is 5.33 Å². The third-order valence-electron chi connectivity index (χ3n) is 1.44. The molecule has 0 saturated carbocycles. The van der Waals surface area contributed by atoms with Gasteiger partial charge in [0.15, 0.2) is 0 Å². The van der Waals surface area contributed by atoms with Crippen molar-refractivity contribution in [2.24, 2.45) is 0 Å². The van der Waals surface area contributed by atoms with Gasteiger partial charge in [0.25, 0.3) is 0 Å². The second-order valence-corrected chi connectivity index (χ2v) is 2.83. The Labute approximate surface area is 73.8 Å². The molecule has 1 rings (SSSR count). The summed E-state index contributed by atoms with van der Waals surface area (Å²) in [5, 5.41) is 0.655. The molecule has 0 N–H and O–H groups in total. The van der Waals surface area contributed by atoms with Gasteiger partial charge in [-0.3, -0.25) is 4.98 Å². The summed E-state index contributed by atoms with van der Waals surface area (Å²) in [6.45, 7) is 0.